The summed E-state index contributed by atoms with van der Waals surface area (Å²) in [6.45, 7) is 0. The summed E-state index contributed by atoms with van der Waals surface area (Å²) in [6.07, 6.45) is 0. The van der Waals surface area contributed by atoms with E-state index in [9.17, 15) is 4.39 Å². The average molecular weight is 296 g/mol. The molecule has 0 aliphatic rings. The highest BCUT2D eigenvalue weighted by Crippen LogP contribution is 2.30. The van der Waals surface area contributed by atoms with Crippen LogP contribution in [-0.2, 0) is 0 Å². The van der Waals surface area contributed by atoms with Crippen LogP contribution in [0.15, 0.2) is 36.4 Å². The number of imidazole rings is 1. The second kappa shape index (κ2) is 4.40. The smallest absolute Gasteiger partial charge is 0.205 e. The SMILES string of the molecule is Nc1nc2cc(F)ccc2n1-c1ccc(Cl)cc1Cl. The first-order valence-corrected chi connectivity index (χ1v) is 6.21. The van der Waals surface area contributed by atoms with E-state index in [4.69, 9.17) is 28.9 Å². The zero-order valence-corrected chi connectivity index (χ0v) is 11.1. The lowest BCUT2D eigenvalue weighted by Gasteiger charge is -2.08. The van der Waals surface area contributed by atoms with Crippen LogP contribution in [0.5, 0.6) is 0 Å². The van der Waals surface area contributed by atoms with Crippen LogP contribution in [-0.4, -0.2) is 9.55 Å². The van der Waals surface area contributed by atoms with E-state index in [1.807, 2.05) is 0 Å². The molecule has 0 atom stereocenters. The molecule has 0 bridgehead atoms. The van der Waals surface area contributed by atoms with Crippen LogP contribution in [0, 0.1) is 5.82 Å². The monoisotopic (exact) mass is 295 g/mol. The minimum atomic E-state index is -0.362. The molecule has 0 aliphatic heterocycles. The predicted octanol–water partition coefficient (Wildman–Crippen LogP) is 4.05. The Bertz CT molecular complexity index is 783. The molecule has 0 amide bonds. The number of nitrogens with two attached hydrogens (primary N) is 1. The van der Waals surface area contributed by atoms with E-state index < -0.39 is 0 Å². The molecule has 3 aromatic rings. The molecule has 96 valence electrons. The first-order valence-electron chi connectivity index (χ1n) is 5.45. The quantitative estimate of drug-likeness (QED) is 0.736. The van der Waals surface area contributed by atoms with Crippen LogP contribution >= 0.6 is 23.2 Å². The van der Waals surface area contributed by atoms with Crippen LogP contribution < -0.4 is 5.73 Å². The molecule has 2 N–H and O–H groups in total. The van der Waals surface area contributed by atoms with Gasteiger partial charge in [0.1, 0.15) is 5.82 Å². The first kappa shape index (κ1) is 12.3. The largest absolute Gasteiger partial charge is 0.369 e. The van der Waals surface area contributed by atoms with Gasteiger partial charge in [0.15, 0.2) is 0 Å². The zero-order chi connectivity index (χ0) is 13.6. The molecule has 0 aliphatic carbocycles. The van der Waals surface area contributed by atoms with Crippen LogP contribution in [0.25, 0.3) is 16.7 Å². The molecule has 1 heterocycles. The first-order chi connectivity index (χ1) is 9.06. The molecule has 6 heteroatoms. The van der Waals surface area contributed by atoms with Crippen molar-refractivity contribution in [2.75, 3.05) is 5.73 Å². The van der Waals surface area contributed by atoms with Crippen molar-refractivity contribution in [2.45, 2.75) is 0 Å². The van der Waals surface area contributed by atoms with Crippen molar-refractivity contribution >= 4 is 40.2 Å². The topological polar surface area (TPSA) is 43.8 Å². The Morgan fingerprint density at radius 3 is 2.63 bits per heavy atom. The van der Waals surface area contributed by atoms with Gasteiger partial charge in [-0.05, 0) is 30.3 Å². The molecular formula is C13H8Cl2FN3. The number of halogens is 3. The van der Waals surface area contributed by atoms with Crippen molar-refractivity contribution in [2.24, 2.45) is 0 Å². The van der Waals surface area contributed by atoms with Gasteiger partial charge in [0.2, 0.25) is 5.95 Å². The van der Waals surface area contributed by atoms with Crippen molar-refractivity contribution in [3.8, 4) is 5.69 Å². The number of nitrogen functional groups attached to an aromatic ring is 1. The number of benzene rings is 2. The maximum absolute atomic E-state index is 13.2. The van der Waals surface area contributed by atoms with Crippen molar-refractivity contribution in [1.82, 2.24) is 9.55 Å². The molecule has 0 fully saturated rings. The van der Waals surface area contributed by atoms with Gasteiger partial charge >= 0.3 is 0 Å². The van der Waals surface area contributed by atoms with Crippen molar-refractivity contribution in [3.63, 3.8) is 0 Å². The predicted molar refractivity (Wildman–Crippen MR) is 75.5 cm³/mol. The molecule has 1 aromatic heterocycles. The van der Waals surface area contributed by atoms with E-state index >= 15 is 0 Å². The summed E-state index contributed by atoms with van der Waals surface area (Å²) in [7, 11) is 0. The van der Waals surface area contributed by atoms with E-state index in [0.717, 1.165) is 0 Å². The third-order valence-corrected chi connectivity index (χ3v) is 3.33. The lowest BCUT2D eigenvalue weighted by Crippen LogP contribution is -2.01. The Morgan fingerprint density at radius 1 is 1.11 bits per heavy atom. The number of anilines is 1. The third kappa shape index (κ3) is 2.03. The fourth-order valence-corrected chi connectivity index (χ4v) is 2.48. The average Bonchev–Trinajstić information content (AvgIpc) is 2.65. The van der Waals surface area contributed by atoms with Gasteiger partial charge in [0, 0.05) is 11.1 Å². The standard InChI is InChI=1S/C13H8Cl2FN3/c14-7-1-3-11(9(15)5-7)19-12-4-2-8(16)6-10(12)18-13(19)17/h1-6H,(H2,17,18). The highest BCUT2D eigenvalue weighted by molar-refractivity contribution is 6.35. The zero-order valence-electron chi connectivity index (χ0n) is 9.57. The van der Waals surface area contributed by atoms with E-state index in [2.05, 4.69) is 4.98 Å². The Kier molecular flexibility index (Phi) is 2.84. The molecule has 0 saturated carbocycles. The summed E-state index contributed by atoms with van der Waals surface area (Å²) in [5.41, 5.74) is 7.69. The van der Waals surface area contributed by atoms with E-state index in [-0.39, 0.29) is 11.8 Å². The summed E-state index contributed by atoms with van der Waals surface area (Å²) >= 11 is 12.0. The Labute approximate surface area is 118 Å². The number of hydrogen-bond donors (Lipinski definition) is 1. The molecule has 0 radical (unpaired) electrons. The Balaban J connectivity index is 2.33. The minimum Gasteiger partial charge on any atom is -0.369 e. The van der Waals surface area contributed by atoms with Crippen molar-refractivity contribution < 1.29 is 4.39 Å². The normalized spacial score (nSPS) is 11.1. The number of fused-ring (bicyclic) bond motifs is 1. The number of hydrogen-bond acceptors (Lipinski definition) is 2. The molecule has 3 rings (SSSR count). The number of aromatic nitrogens is 2. The molecule has 0 spiro atoms. The van der Waals surface area contributed by atoms with Gasteiger partial charge in [0.05, 0.1) is 21.7 Å². The second-order valence-corrected chi connectivity index (χ2v) is 4.88. The molecule has 19 heavy (non-hydrogen) atoms. The van der Waals surface area contributed by atoms with Crippen LogP contribution in [0.1, 0.15) is 0 Å². The number of nitrogens with zero attached hydrogens (tertiary/aromatic N) is 2. The summed E-state index contributed by atoms with van der Waals surface area (Å²) < 4.78 is 14.8. The Hall–Kier alpha value is -1.78. The van der Waals surface area contributed by atoms with Gasteiger partial charge in [0.25, 0.3) is 0 Å². The summed E-state index contributed by atoms with van der Waals surface area (Å²) in [5.74, 6) is -0.121. The van der Waals surface area contributed by atoms with Crippen molar-refractivity contribution in [1.29, 1.82) is 0 Å². The van der Waals surface area contributed by atoms with Gasteiger partial charge in [-0.1, -0.05) is 23.2 Å². The lowest BCUT2D eigenvalue weighted by molar-refractivity contribution is 0.629. The van der Waals surface area contributed by atoms with Gasteiger partial charge in [-0.3, -0.25) is 4.57 Å². The summed E-state index contributed by atoms with van der Waals surface area (Å²) in [5, 5.41) is 0.977. The molecule has 2 aromatic carbocycles. The highest BCUT2D eigenvalue weighted by Gasteiger charge is 2.13. The van der Waals surface area contributed by atoms with Gasteiger partial charge in [-0.2, -0.15) is 0 Å². The molecule has 3 nitrogen and oxygen atoms in total. The van der Waals surface area contributed by atoms with Crippen LogP contribution in [0.2, 0.25) is 10.0 Å². The molecular weight excluding hydrogens is 288 g/mol. The molecule has 0 unspecified atom stereocenters. The maximum atomic E-state index is 13.2. The third-order valence-electron chi connectivity index (χ3n) is 2.79. The highest BCUT2D eigenvalue weighted by atomic mass is 35.5. The summed E-state index contributed by atoms with van der Waals surface area (Å²) in [4.78, 5) is 4.12. The molecule has 0 saturated heterocycles. The fraction of sp³-hybridized carbons (Fsp3) is 0. The Morgan fingerprint density at radius 2 is 1.89 bits per heavy atom. The lowest BCUT2D eigenvalue weighted by atomic mass is 10.2. The van der Waals surface area contributed by atoms with Gasteiger partial charge in [-0.15, -0.1) is 0 Å². The van der Waals surface area contributed by atoms with Crippen molar-refractivity contribution in [3.05, 3.63) is 52.3 Å². The minimum absolute atomic E-state index is 0.241. The maximum Gasteiger partial charge on any atom is 0.205 e. The number of rotatable bonds is 1. The van der Waals surface area contributed by atoms with Gasteiger partial charge in [-0.25, -0.2) is 9.37 Å². The van der Waals surface area contributed by atoms with E-state index in [0.29, 0.717) is 26.8 Å². The second-order valence-electron chi connectivity index (χ2n) is 4.03. The van der Waals surface area contributed by atoms with E-state index in [1.165, 1.54) is 12.1 Å². The van der Waals surface area contributed by atoms with Crippen LogP contribution in [0.4, 0.5) is 10.3 Å². The van der Waals surface area contributed by atoms with Gasteiger partial charge < -0.3 is 5.73 Å². The summed E-state index contributed by atoms with van der Waals surface area (Å²) in [6, 6.07) is 9.35. The fourth-order valence-electron chi connectivity index (χ4n) is 1.99. The van der Waals surface area contributed by atoms with E-state index in [1.54, 1.807) is 28.8 Å². The van der Waals surface area contributed by atoms with Crippen LogP contribution in [0.3, 0.4) is 0 Å².